The first-order chi connectivity index (χ1) is 11.8. The van der Waals surface area contributed by atoms with E-state index in [1.807, 2.05) is 34.9 Å². The minimum Gasteiger partial charge on any atom is -0.460 e. The number of hydrogen-bond donors (Lipinski definition) is 0. The van der Waals surface area contributed by atoms with Gasteiger partial charge in [0.25, 0.3) is 0 Å². The third kappa shape index (κ3) is 4.00. The molecule has 128 valence electrons. The molecule has 2 aromatic rings. The zero-order valence-electron chi connectivity index (χ0n) is 13.9. The van der Waals surface area contributed by atoms with E-state index in [0.29, 0.717) is 12.8 Å². The SMILES string of the molecule is CO[C@@H]1CCCC[C@@H]1OC(=O)CCc1nncn1-c1ccccc1. The number of aryl methyl sites for hydroxylation is 1. The van der Waals surface area contributed by atoms with Crippen LogP contribution in [-0.4, -0.2) is 40.1 Å². The molecule has 0 aliphatic heterocycles. The number of benzene rings is 1. The first kappa shape index (κ1) is 16.6. The monoisotopic (exact) mass is 329 g/mol. The Balaban J connectivity index is 1.56. The number of rotatable bonds is 6. The van der Waals surface area contributed by atoms with E-state index in [1.54, 1.807) is 13.4 Å². The molecular formula is C18H23N3O3. The second kappa shape index (κ2) is 8.06. The Labute approximate surface area is 141 Å². The van der Waals surface area contributed by atoms with E-state index in [1.165, 1.54) is 0 Å². The number of aromatic nitrogens is 3. The summed E-state index contributed by atoms with van der Waals surface area (Å²) in [5.74, 6) is 0.552. The maximum Gasteiger partial charge on any atom is 0.306 e. The van der Waals surface area contributed by atoms with E-state index in [0.717, 1.165) is 37.2 Å². The van der Waals surface area contributed by atoms with Gasteiger partial charge in [-0.25, -0.2) is 0 Å². The fourth-order valence-corrected chi connectivity index (χ4v) is 3.14. The average Bonchev–Trinajstić information content (AvgIpc) is 3.10. The van der Waals surface area contributed by atoms with E-state index in [9.17, 15) is 4.79 Å². The van der Waals surface area contributed by atoms with Crippen LogP contribution < -0.4 is 0 Å². The van der Waals surface area contributed by atoms with Crippen LogP contribution in [0.25, 0.3) is 5.69 Å². The first-order valence-electron chi connectivity index (χ1n) is 8.44. The molecule has 0 unspecified atom stereocenters. The molecule has 3 rings (SSSR count). The molecule has 0 saturated heterocycles. The van der Waals surface area contributed by atoms with Crippen LogP contribution in [0.5, 0.6) is 0 Å². The molecule has 0 radical (unpaired) electrons. The van der Waals surface area contributed by atoms with E-state index in [4.69, 9.17) is 9.47 Å². The number of nitrogens with zero attached hydrogens (tertiary/aromatic N) is 3. The van der Waals surface area contributed by atoms with E-state index < -0.39 is 0 Å². The Morgan fingerprint density at radius 3 is 2.71 bits per heavy atom. The maximum atomic E-state index is 12.2. The standard InChI is InChI=1S/C18H23N3O3/c1-23-15-9-5-6-10-16(15)24-18(22)12-11-17-20-19-13-21(17)14-7-3-2-4-8-14/h2-4,7-8,13,15-16H,5-6,9-12H2,1H3/t15-,16+/m1/s1. The number of methoxy groups -OCH3 is 1. The van der Waals surface area contributed by atoms with Crippen molar-refractivity contribution in [3.63, 3.8) is 0 Å². The Morgan fingerprint density at radius 1 is 1.21 bits per heavy atom. The number of carbonyl (C=O) groups is 1. The largest absolute Gasteiger partial charge is 0.460 e. The second-order valence-electron chi connectivity index (χ2n) is 6.04. The Morgan fingerprint density at radius 2 is 1.96 bits per heavy atom. The highest BCUT2D eigenvalue weighted by Gasteiger charge is 2.28. The predicted molar refractivity (Wildman–Crippen MR) is 88.8 cm³/mol. The molecule has 0 spiro atoms. The lowest BCUT2D eigenvalue weighted by molar-refractivity contribution is -0.159. The van der Waals surface area contributed by atoms with Gasteiger partial charge in [0.1, 0.15) is 18.3 Å². The van der Waals surface area contributed by atoms with Gasteiger partial charge in [-0.2, -0.15) is 0 Å². The highest BCUT2D eigenvalue weighted by Crippen LogP contribution is 2.24. The molecule has 24 heavy (non-hydrogen) atoms. The molecule has 2 atom stereocenters. The molecule has 1 aromatic heterocycles. The van der Waals surface area contributed by atoms with Crippen LogP contribution in [0.15, 0.2) is 36.7 Å². The van der Waals surface area contributed by atoms with Crippen LogP contribution in [0.1, 0.15) is 37.9 Å². The van der Waals surface area contributed by atoms with Gasteiger partial charge in [-0.15, -0.1) is 10.2 Å². The summed E-state index contributed by atoms with van der Waals surface area (Å²) in [4.78, 5) is 12.2. The van der Waals surface area contributed by atoms with Gasteiger partial charge in [-0.05, 0) is 31.4 Å². The van der Waals surface area contributed by atoms with Gasteiger partial charge in [0.15, 0.2) is 0 Å². The summed E-state index contributed by atoms with van der Waals surface area (Å²) in [7, 11) is 1.68. The summed E-state index contributed by atoms with van der Waals surface area (Å²) in [5.41, 5.74) is 0.984. The third-order valence-corrected chi connectivity index (χ3v) is 4.43. The number of esters is 1. The lowest BCUT2D eigenvalue weighted by atomic mass is 9.94. The lowest BCUT2D eigenvalue weighted by Gasteiger charge is -2.29. The zero-order chi connectivity index (χ0) is 16.8. The summed E-state index contributed by atoms with van der Waals surface area (Å²) in [6.07, 6.45) is 6.40. The number of carbonyl (C=O) groups excluding carboxylic acids is 1. The van der Waals surface area contributed by atoms with Gasteiger partial charge < -0.3 is 9.47 Å². The van der Waals surface area contributed by atoms with Gasteiger partial charge in [0.2, 0.25) is 0 Å². The maximum absolute atomic E-state index is 12.2. The Hall–Kier alpha value is -2.21. The summed E-state index contributed by atoms with van der Waals surface area (Å²) >= 11 is 0. The van der Waals surface area contributed by atoms with Crippen molar-refractivity contribution in [1.29, 1.82) is 0 Å². The van der Waals surface area contributed by atoms with Crippen molar-refractivity contribution < 1.29 is 14.3 Å². The van der Waals surface area contributed by atoms with Gasteiger partial charge >= 0.3 is 5.97 Å². The van der Waals surface area contributed by atoms with Crippen molar-refractivity contribution in [3.05, 3.63) is 42.5 Å². The van der Waals surface area contributed by atoms with Gasteiger partial charge in [0, 0.05) is 19.2 Å². The molecule has 0 amide bonds. The van der Waals surface area contributed by atoms with Crippen LogP contribution in [0.2, 0.25) is 0 Å². The Bertz CT molecular complexity index is 657. The summed E-state index contributed by atoms with van der Waals surface area (Å²) in [5, 5.41) is 8.08. The summed E-state index contributed by atoms with van der Waals surface area (Å²) < 4.78 is 12.9. The normalized spacial score (nSPS) is 20.7. The highest BCUT2D eigenvalue weighted by molar-refractivity contribution is 5.69. The van der Waals surface area contributed by atoms with Crippen LogP contribution >= 0.6 is 0 Å². The van der Waals surface area contributed by atoms with Gasteiger partial charge in [0.05, 0.1) is 12.5 Å². The van der Waals surface area contributed by atoms with Crippen molar-refractivity contribution in [2.75, 3.05) is 7.11 Å². The fraction of sp³-hybridized carbons (Fsp3) is 0.500. The smallest absolute Gasteiger partial charge is 0.306 e. The molecule has 1 fully saturated rings. The third-order valence-electron chi connectivity index (χ3n) is 4.43. The van der Waals surface area contributed by atoms with Crippen molar-refractivity contribution in [1.82, 2.24) is 14.8 Å². The summed E-state index contributed by atoms with van der Waals surface area (Å²) in [6.45, 7) is 0. The molecule has 1 saturated carbocycles. The van der Waals surface area contributed by atoms with Crippen LogP contribution in [0.4, 0.5) is 0 Å². The first-order valence-corrected chi connectivity index (χ1v) is 8.44. The van der Waals surface area contributed by atoms with Gasteiger partial charge in [-0.1, -0.05) is 24.6 Å². The molecule has 1 aliphatic rings. The zero-order valence-corrected chi connectivity index (χ0v) is 13.9. The van der Waals surface area contributed by atoms with Crippen LogP contribution in [0.3, 0.4) is 0 Å². The molecule has 6 heteroatoms. The number of para-hydroxylation sites is 1. The van der Waals surface area contributed by atoms with Crippen molar-refractivity contribution in [2.45, 2.75) is 50.7 Å². The molecule has 0 bridgehead atoms. The average molecular weight is 329 g/mol. The lowest BCUT2D eigenvalue weighted by Crippen LogP contribution is -2.35. The molecule has 1 aliphatic carbocycles. The topological polar surface area (TPSA) is 66.2 Å². The number of ether oxygens (including phenoxy) is 2. The van der Waals surface area contributed by atoms with Gasteiger partial charge in [-0.3, -0.25) is 9.36 Å². The predicted octanol–water partition coefficient (Wildman–Crippen LogP) is 2.70. The quantitative estimate of drug-likeness (QED) is 0.762. The van der Waals surface area contributed by atoms with Crippen LogP contribution in [-0.2, 0) is 20.7 Å². The molecule has 0 N–H and O–H groups in total. The van der Waals surface area contributed by atoms with E-state index in [-0.39, 0.29) is 18.2 Å². The highest BCUT2D eigenvalue weighted by atomic mass is 16.6. The minimum absolute atomic E-state index is 0.0238. The summed E-state index contributed by atoms with van der Waals surface area (Å²) in [6, 6.07) is 9.84. The fourth-order valence-electron chi connectivity index (χ4n) is 3.14. The molecular weight excluding hydrogens is 306 g/mol. The van der Waals surface area contributed by atoms with Crippen LogP contribution in [0, 0.1) is 0 Å². The molecule has 1 aromatic carbocycles. The molecule has 6 nitrogen and oxygen atoms in total. The minimum atomic E-state index is -0.202. The van der Waals surface area contributed by atoms with Crippen molar-refractivity contribution in [2.24, 2.45) is 0 Å². The van der Waals surface area contributed by atoms with E-state index in [2.05, 4.69) is 10.2 Å². The second-order valence-corrected chi connectivity index (χ2v) is 6.04. The van der Waals surface area contributed by atoms with Crippen molar-refractivity contribution in [3.8, 4) is 5.69 Å². The van der Waals surface area contributed by atoms with E-state index >= 15 is 0 Å². The number of hydrogen-bond acceptors (Lipinski definition) is 5. The Kier molecular flexibility index (Phi) is 5.59. The molecule has 1 heterocycles. The van der Waals surface area contributed by atoms with Crippen molar-refractivity contribution >= 4 is 5.97 Å².